The maximum absolute atomic E-state index is 5.63. The van der Waals surface area contributed by atoms with E-state index in [4.69, 9.17) is 11.6 Å². The Morgan fingerprint density at radius 3 is 1.75 bits per heavy atom. The summed E-state index contributed by atoms with van der Waals surface area (Å²) in [7, 11) is 0. The van der Waals surface area contributed by atoms with Crippen molar-refractivity contribution in [1.82, 2.24) is 0 Å². The van der Waals surface area contributed by atoms with Gasteiger partial charge in [0.25, 0.3) is 0 Å². The molecule has 0 saturated heterocycles. The normalized spacial score (nSPS) is 11.4. The zero-order valence-corrected chi connectivity index (χ0v) is 11.8. The second-order valence-corrected chi connectivity index (χ2v) is 4.94. The van der Waals surface area contributed by atoms with E-state index in [2.05, 4.69) is 19.1 Å². The van der Waals surface area contributed by atoms with E-state index in [1.807, 2.05) is 0 Å². The van der Waals surface area contributed by atoms with Crippen LogP contribution in [-0.2, 0) is 0 Å². The van der Waals surface area contributed by atoms with Gasteiger partial charge in [-0.05, 0) is 25.7 Å². The highest BCUT2D eigenvalue weighted by molar-refractivity contribution is 6.17. The van der Waals surface area contributed by atoms with Crippen LogP contribution in [0.3, 0.4) is 0 Å². The summed E-state index contributed by atoms with van der Waals surface area (Å²) in [5, 5.41) is 0. The molecular formula is C15H29Cl. The predicted molar refractivity (Wildman–Crippen MR) is 76.3 cm³/mol. The molecular weight excluding hydrogens is 216 g/mol. The third-order valence-electron chi connectivity index (χ3n) is 2.90. The SMILES string of the molecule is CCCC/C=C\CCCCCCCCCCl. The summed E-state index contributed by atoms with van der Waals surface area (Å²) < 4.78 is 0. The molecule has 0 radical (unpaired) electrons. The second kappa shape index (κ2) is 15.0. The van der Waals surface area contributed by atoms with Gasteiger partial charge in [0.05, 0.1) is 0 Å². The Morgan fingerprint density at radius 2 is 1.19 bits per heavy atom. The lowest BCUT2D eigenvalue weighted by atomic mass is 10.1. The summed E-state index contributed by atoms with van der Waals surface area (Å²) in [6.07, 6.45) is 19.4. The van der Waals surface area contributed by atoms with Crippen molar-refractivity contribution >= 4 is 11.6 Å². The number of hydrogen-bond donors (Lipinski definition) is 0. The van der Waals surface area contributed by atoms with Gasteiger partial charge in [0, 0.05) is 5.88 Å². The Kier molecular flexibility index (Phi) is 15.1. The van der Waals surface area contributed by atoms with Crippen molar-refractivity contribution in [3.63, 3.8) is 0 Å². The van der Waals surface area contributed by atoms with Gasteiger partial charge < -0.3 is 0 Å². The Labute approximate surface area is 107 Å². The van der Waals surface area contributed by atoms with Gasteiger partial charge in [0.2, 0.25) is 0 Å². The van der Waals surface area contributed by atoms with E-state index >= 15 is 0 Å². The van der Waals surface area contributed by atoms with Crippen LogP contribution in [0.2, 0.25) is 0 Å². The van der Waals surface area contributed by atoms with E-state index < -0.39 is 0 Å². The standard InChI is InChI=1S/C15H29Cl/c1-2-3-4-5-6-7-8-9-10-11-12-13-14-15-16/h5-6H,2-4,7-15H2,1H3/b6-5-. The molecule has 0 aliphatic rings. The van der Waals surface area contributed by atoms with Crippen molar-refractivity contribution in [1.29, 1.82) is 0 Å². The third kappa shape index (κ3) is 14.0. The average Bonchev–Trinajstić information content (AvgIpc) is 2.31. The lowest BCUT2D eigenvalue weighted by Gasteiger charge is -1.99. The number of alkyl halides is 1. The molecule has 0 aromatic heterocycles. The van der Waals surface area contributed by atoms with E-state index in [0.29, 0.717) is 0 Å². The van der Waals surface area contributed by atoms with Crippen LogP contribution in [0.1, 0.15) is 77.6 Å². The first kappa shape index (κ1) is 16.0. The molecule has 1 heteroatoms. The van der Waals surface area contributed by atoms with E-state index in [1.165, 1.54) is 70.6 Å². The highest BCUT2D eigenvalue weighted by Gasteiger charge is 1.90. The molecule has 0 unspecified atom stereocenters. The van der Waals surface area contributed by atoms with Crippen LogP contribution >= 0.6 is 11.6 Å². The van der Waals surface area contributed by atoms with Crippen LogP contribution in [0.5, 0.6) is 0 Å². The average molecular weight is 245 g/mol. The molecule has 0 atom stereocenters. The topological polar surface area (TPSA) is 0 Å². The molecule has 0 N–H and O–H groups in total. The third-order valence-corrected chi connectivity index (χ3v) is 3.16. The van der Waals surface area contributed by atoms with Crippen molar-refractivity contribution < 1.29 is 0 Å². The fourth-order valence-electron chi connectivity index (χ4n) is 1.80. The minimum absolute atomic E-state index is 0.836. The highest BCUT2D eigenvalue weighted by Crippen LogP contribution is 2.09. The predicted octanol–water partition coefficient (Wildman–Crippen LogP) is 6.09. The summed E-state index contributed by atoms with van der Waals surface area (Å²) in [4.78, 5) is 0. The van der Waals surface area contributed by atoms with Gasteiger partial charge in [0.1, 0.15) is 0 Å². The van der Waals surface area contributed by atoms with Crippen LogP contribution in [-0.4, -0.2) is 5.88 Å². The van der Waals surface area contributed by atoms with Gasteiger partial charge in [-0.3, -0.25) is 0 Å². The molecule has 0 aliphatic carbocycles. The van der Waals surface area contributed by atoms with Crippen LogP contribution in [0, 0.1) is 0 Å². The van der Waals surface area contributed by atoms with Crippen LogP contribution in [0.15, 0.2) is 12.2 Å². The minimum atomic E-state index is 0.836. The summed E-state index contributed by atoms with van der Waals surface area (Å²) in [5.41, 5.74) is 0. The monoisotopic (exact) mass is 244 g/mol. The van der Waals surface area contributed by atoms with E-state index in [9.17, 15) is 0 Å². The number of rotatable bonds is 12. The Morgan fingerprint density at radius 1 is 0.688 bits per heavy atom. The maximum Gasteiger partial charge on any atom is 0.0223 e. The Bertz CT molecular complexity index is 140. The molecule has 0 saturated carbocycles. The van der Waals surface area contributed by atoms with Crippen molar-refractivity contribution in [3.8, 4) is 0 Å². The molecule has 96 valence electrons. The van der Waals surface area contributed by atoms with Crippen LogP contribution in [0.4, 0.5) is 0 Å². The Balaban J connectivity index is 2.95. The van der Waals surface area contributed by atoms with Crippen molar-refractivity contribution in [2.75, 3.05) is 5.88 Å². The zero-order valence-electron chi connectivity index (χ0n) is 11.0. The molecule has 0 aromatic carbocycles. The first-order valence-corrected chi connectivity index (χ1v) is 7.66. The molecule has 0 aromatic rings. The minimum Gasteiger partial charge on any atom is -0.127 e. The molecule has 0 amide bonds. The maximum atomic E-state index is 5.63. The number of hydrogen-bond acceptors (Lipinski definition) is 0. The quantitative estimate of drug-likeness (QED) is 0.221. The van der Waals surface area contributed by atoms with Crippen molar-refractivity contribution in [3.05, 3.63) is 12.2 Å². The van der Waals surface area contributed by atoms with Crippen molar-refractivity contribution in [2.24, 2.45) is 0 Å². The zero-order chi connectivity index (χ0) is 11.9. The Hall–Kier alpha value is 0.0300. The lowest BCUT2D eigenvalue weighted by molar-refractivity contribution is 0.593. The van der Waals surface area contributed by atoms with Crippen molar-refractivity contribution in [2.45, 2.75) is 77.6 Å². The fourth-order valence-corrected chi connectivity index (χ4v) is 1.99. The first-order chi connectivity index (χ1) is 7.91. The highest BCUT2D eigenvalue weighted by atomic mass is 35.5. The summed E-state index contributed by atoms with van der Waals surface area (Å²) in [6.45, 7) is 2.25. The number of allylic oxidation sites excluding steroid dienone is 2. The second-order valence-electron chi connectivity index (χ2n) is 4.57. The van der Waals surface area contributed by atoms with Gasteiger partial charge in [-0.15, -0.1) is 11.6 Å². The molecule has 0 bridgehead atoms. The number of halogens is 1. The van der Waals surface area contributed by atoms with Gasteiger partial charge in [0.15, 0.2) is 0 Å². The molecule has 0 rings (SSSR count). The van der Waals surface area contributed by atoms with Gasteiger partial charge in [-0.1, -0.05) is 64.0 Å². The molecule has 0 fully saturated rings. The lowest BCUT2D eigenvalue weighted by Crippen LogP contribution is -1.81. The summed E-state index contributed by atoms with van der Waals surface area (Å²) in [6, 6.07) is 0. The van der Waals surface area contributed by atoms with Gasteiger partial charge in [-0.25, -0.2) is 0 Å². The molecule has 0 nitrogen and oxygen atoms in total. The summed E-state index contributed by atoms with van der Waals surface area (Å²) >= 11 is 5.63. The van der Waals surface area contributed by atoms with Crippen LogP contribution in [0.25, 0.3) is 0 Å². The van der Waals surface area contributed by atoms with Crippen LogP contribution < -0.4 is 0 Å². The number of unbranched alkanes of at least 4 members (excludes halogenated alkanes) is 9. The smallest absolute Gasteiger partial charge is 0.0223 e. The first-order valence-electron chi connectivity index (χ1n) is 7.12. The molecule has 0 heterocycles. The van der Waals surface area contributed by atoms with Gasteiger partial charge in [-0.2, -0.15) is 0 Å². The van der Waals surface area contributed by atoms with E-state index in [-0.39, 0.29) is 0 Å². The molecule has 0 spiro atoms. The van der Waals surface area contributed by atoms with Gasteiger partial charge >= 0.3 is 0 Å². The van der Waals surface area contributed by atoms with E-state index in [1.54, 1.807) is 0 Å². The van der Waals surface area contributed by atoms with E-state index in [0.717, 1.165) is 5.88 Å². The summed E-state index contributed by atoms with van der Waals surface area (Å²) in [5.74, 6) is 0.836. The fraction of sp³-hybridized carbons (Fsp3) is 0.867. The largest absolute Gasteiger partial charge is 0.127 e. The molecule has 0 aliphatic heterocycles. The molecule has 16 heavy (non-hydrogen) atoms.